The third-order valence-corrected chi connectivity index (χ3v) is 4.44. The Hall–Kier alpha value is -3.01. The van der Waals surface area contributed by atoms with Crippen LogP contribution in [-0.4, -0.2) is 20.2 Å². The molecule has 0 radical (unpaired) electrons. The molecule has 0 amide bonds. The molecule has 26 heavy (non-hydrogen) atoms. The molecule has 0 saturated heterocycles. The SMILES string of the molecule is C=CCc1cc2c(c(OC)c1)OC(=O)c1cc(CC=C)cc(OC)c1C2. The van der Waals surface area contributed by atoms with Crippen molar-refractivity contribution >= 4 is 5.97 Å². The molecule has 4 heteroatoms. The first-order valence-corrected chi connectivity index (χ1v) is 8.44. The van der Waals surface area contributed by atoms with Crippen molar-refractivity contribution in [2.24, 2.45) is 0 Å². The van der Waals surface area contributed by atoms with Crippen molar-refractivity contribution < 1.29 is 19.0 Å². The lowest BCUT2D eigenvalue weighted by atomic mass is 9.95. The minimum atomic E-state index is -0.405. The van der Waals surface area contributed by atoms with Crippen LogP contribution in [0.5, 0.6) is 17.2 Å². The quantitative estimate of drug-likeness (QED) is 0.443. The third-order valence-electron chi connectivity index (χ3n) is 4.44. The van der Waals surface area contributed by atoms with Crippen molar-refractivity contribution in [3.63, 3.8) is 0 Å². The van der Waals surface area contributed by atoms with Crippen molar-refractivity contribution in [3.8, 4) is 17.2 Å². The van der Waals surface area contributed by atoms with Gasteiger partial charge in [-0.2, -0.15) is 0 Å². The summed E-state index contributed by atoms with van der Waals surface area (Å²) in [5.41, 5.74) is 4.24. The van der Waals surface area contributed by atoms with E-state index in [4.69, 9.17) is 14.2 Å². The van der Waals surface area contributed by atoms with Gasteiger partial charge in [0.05, 0.1) is 19.8 Å². The lowest BCUT2D eigenvalue weighted by Crippen LogP contribution is -2.11. The van der Waals surface area contributed by atoms with Gasteiger partial charge >= 0.3 is 5.97 Å². The van der Waals surface area contributed by atoms with Gasteiger partial charge in [0.1, 0.15) is 5.75 Å². The van der Waals surface area contributed by atoms with Crippen molar-refractivity contribution in [2.75, 3.05) is 14.2 Å². The normalized spacial score (nSPS) is 12.3. The van der Waals surface area contributed by atoms with Crippen molar-refractivity contribution in [1.82, 2.24) is 0 Å². The first-order valence-electron chi connectivity index (χ1n) is 8.44. The number of ether oxygens (including phenoxy) is 3. The summed E-state index contributed by atoms with van der Waals surface area (Å²) in [6, 6.07) is 7.71. The van der Waals surface area contributed by atoms with Gasteiger partial charge in [0.2, 0.25) is 0 Å². The van der Waals surface area contributed by atoms with Gasteiger partial charge < -0.3 is 14.2 Å². The molecule has 4 nitrogen and oxygen atoms in total. The molecule has 0 bridgehead atoms. The van der Waals surface area contributed by atoms with Gasteiger partial charge in [-0.25, -0.2) is 4.79 Å². The van der Waals surface area contributed by atoms with Crippen LogP contribution in [0.25, 0.3) is 0 Å². The number of rotatable bonds is 6. The van der Waals surface area contributed by atoms with Crippen LogP contribution in [0.4, 0.5) is 0 Å². The summed E-state index contributed by atoms with van der Waals surface area (Å²) >= 11 is 0. The van der Waals surface area contributed by atoms with E-state index in [-0.39, 0.29) is 0 Å². The van der Waals surface area contributed by atoms with Gasteiger partial charge in [0, 0.05) is 17.5 Å². The Kier molecular flexibility index (Phi) is 5.12. The van der Waals surface area contributed by atoms with Gasteiger partial charge in [-0.15, -0.1) is 13.2 Å². The second-order valence-electron chi connectivity index (χ2n) is 6.16. The van der Waals surface area contributed by atoms with Crippen LogP contribution in [0.3, 0.4) is 0 Å². The van der Waals surface area contributed by atoms with Crippen LogP contribution < -0.4 is 14.2 Å². The van der Waals surface area contributed by atoms with E-state index in [0.717, 1.165) is 22.3 Å². The summed E-state index contributed by atoms with van der Waals surface area (Å²) in [6.45, 7) is 7.55. The highest BCUT2D eigenvalue weighted by molar-refractivity contribution is 5.95. The number of carbonyl (C=O) groups excluding carboxylic acids is 1. The van der Waals surface area contributed by atoms with E-state index in [2.05, 4.69) is 13.2 Å². The van der Waals surface area contributed by atoms with E-state index in [9.17, 15) is 4.79 Å². The van der Waals surface area contributed by atoms with Gasteiger partial charge in [-0.05, 0) is 42.2 Å². The molecule has 0 fully saturated rings. The van der Waals surface area contributed by atoms with E-state index in [1.54, 1.807) is 20.3 Å². The molecule has 1 aliphatic rings. The topological polar surface area (TPSA) is 44.8 Å². The smallest absolute Gasteiger partial charge is 0.344 e. The molecule has 0 unspecified atom stereocenters. The highest BCUT2D eigenvalue weighted by Crippen LogP contribution is 2.40. The maximum atomic E-state index is 12.8. The average Bonchev–Trinajstić information content (AvgIpc) is 2.77. The Bertz CT molecular complexity index is 880. The number of allylic oxidation sites excluding steroid dienone is 2. The molecule has 2 aromatic carbocycles. The molecule has 3 rings (SSSR count). The zero-order chi connectivity index (χ0) is 18.7. The van der Waals surface area contributed by atoms with Crippen LogP contribution in [-0.2, 0) is 19.3 Å². The number of benzene rings is 2. The Balaban J connectivity index is 2.18. The van der Waals surface area contributed by atoms with E-state index in [1.165, 1.54) is 0 Å². The van der Waals surface area contributed by atoms with Crippen LogP contribution in [0.1, 0.15) is 32.6 Å². The van der Waals surface area contributed by atoms with E-state index in [0.29, 0.717) is 42.1 Å². The van der Waals surface area contributed by atoms with Crippen molar-refractivity contribution in [1.29, 1.82) is 0 Å². The Morgan fingerprint density at radius 1 is 1.00 bits per heavy atom. The first-order chi connectivity index (χ1) is 12.6. The summed E-state index contributed by atoms with van der Waals surface area (Å²) in [7, 11) is 3.18. The maximum absolute atomic E-state index is 12.8. The van der Waals surface area contributed by atoms with E-state index < -0.39 is 5.97 Å². The highest BCUT2D eigenvalue weighted by Gasteiger charge is 2.27. The molecular formula is C22H22O4. The molecule has 0 aromatic heterocycles. The summed E-state index contributed by atoms with van der Waals surface area (Å²) in [4.78, 5) is 12.8. The fourth-order valence-electron chi connectivity index (χ4n) is 3.28. The minimum Gasteiger partial charge on any atom is -0.496 e. The average molecular weight is 350 g/mol. The predicted molar refractivity (Wildman–Crippen MR) is 102 cm³/mol. The lowest BCUT2D eigenvalue weighted by molar-refractivity contribution is 0.0730. The number of hydrogen-bond donors (Lipinski definition) is 0. The van der Waals surface area contributed by atoms with Gasteiger partial charge in [-0.3, -0.25) is 0 Å². The van der Waals surface area contributed by atoms with Crippen LogP contribution in [0, 0.1) is 0 Å². The first kappa shape index (κ1) is 17.8. The molecule has 0 atom stereocenters. The minimum absolute atomic E-state index is 0.405. The fraction of sp³-hybridized carbons (Fsp3) is 0.227. The predicted octanol–water partition coefficient (Wildman–Crippen LogP) is 4.28. The van der Waals surface area contributed by atoms with Crippen molar-refractivity contribution in [2.45, 2.75) is 19.3 Å². The number of methoxy groups -OCH3 is 2. The van der Waals surface area contributed by atoms with Crippen LogP contribution >= 0.6 is 0 Å². The highest BCUT2D eigenvalue weighted by atomic mass is 16.6. The molecule has 0 spiro atoms. The van der Waals surface area contributed by atoms with E-state index >= 15 is 0 Å². The summed E-state index contributed by atoms with van der Waals surface area (Å²) < 4.78 is 16.7. The number of esters is 1. The molecule has 0 N–H and O–H groups in total. The molecule has 1 heterocycles. The number of hydrogen-bond acceptors (Lipinski definition) is 4. The lowest BCUT2D eigenvalue weighted by Gasteiger charge is -2.13. The third kappa shape index (κ3) is 3.23. The second-order valence-corrected chi connectivity index (χ2v) is 6.16. The zero-order valence-electron chi connectivity index (χ0n) is 15.1. The molecular weight excluding hydrogens is 328 g/mol. The monoisotopic (exact) mass is 350 g/mol. The largest absolute Gasteiger partial charge is 0.496 e. The van der Waals surface area contributed by atoms with Crippen LogP contribution in [0.15, 0.2) is 49.6 Å². The van der Waals surface area contributed by atoms with Gasteiger partial charge in [0.25, 0.3) is 0 Å². The molecule has 1 aliphatic heterocycles. The Labute approximate surface area is 153 Å². The van der Waals surface area contributed by atoms with Gasteiger partial charge in [0.15, 0.2) is 11.5 Å². The summed E-state index contributed by atoms with van der Waals surface area (Å²) in [5, 5.41) is 0. The molecule has 2 aromatic rings. The van der Waals surface area contributed by atoms with Gasteiger partial charge in [-0.1, -0.05) is 18.2 Å². The Morgan fingerprint density at radius 3 is 2.23 bits per heavy atom. The van der Waals surface area contributed by atoms with E-state index in [1.807, 2.05) is 30.3 Å². The summed E-state index contributed by atoms with van der Waals surface area (Å²) in [5.74, 6) is 1.29. The number of carbonyl (C=O) groups is 1. The molecule has 134 valence electrons. The molecule has 0 aliphatic carbocycles. The summed E-state index contributed by atoms with van der Waals surface area (Å²) in [6.07, 6.45) is 5.51. The number of fused-ring (bicyclic) bond motifs is 2. The Morgan fingerprint density at radius 2 is 1.62 bits per heavy atom. The maximum Gasteiger partial charge on any atom is 0.344 e. The second kappa shape index (κ2) is 7.48. The molecule has 0 saturated carbocycles. The van der Waals surface area contributed by atoms with Crippen molar-refractivity contribution in [3.05, 3.63) is 77.4 Å². The zero-order valence-corrected chi connectivity index (χ0v) is 15.1. The van der Waals surface area contributed by atoms with Crippen LogP contribution in [0.2, 0.25) is 0 Å². The fourth-order valence-corrected chi connectivity index (χ4v) is 3.28. The standard InChI is InChI=1S/C22H22O4/c1-5-7-14-9-16-13-17-18(10-15(8-6-2)11-19(17)24-3)22(23)26-21(16)20(12-14)25-4/h5-6,9-12H,1-2,7-8,13H2,3-4H3.